The molecule has 0 heterocycles. The van der Waals surface area contributed by atoms with Crippen LogP contribution in [0.25, 0.3) is 0 Å². The van der Waals surface area contributed by atoms with Gasteiger partial charge >= 0.3 is 0 Å². The zero-order valence-corrected chi connectivity index (χ0v) is 10.6. The lowest BCUT2D eigenvalue weighted by Gasteiger charge is -2.10. The maximum absolute atomic E-state index is 13.4. The van der Waals surface area contributed by atoms with Gasteiger partial charge in [0, 0.05) is 5.02 Å². The fourth-order valence-corrected chi connectivity index (χ4v) is 1.93. The number of nitrogens with one attached hydrogen (secondary N) is 1. The molecule has 0 saturated heterocycles. The molecular formula is C13H7Cl2FN2. The summed E-state index contributed by atoms with van der Waals surface area (Å²) in [7, 11) is 0. The summed E-state index contributed by atoms with van der Waals surface area (Å²) < 4.78 is 13.4. The summed E-state index contributed by atoms with van der Waals surface area (Å²) >= 11 is 11.8. The Labute approximate surface area is 114 Å². The molecule has 0 aliphatic heterocycles. The van der Waals surface area contributed by atoms with Gasteiger partial charge in [-0.3, -0.25) is 0 Å². The second-order valence-corrected chi connectivity index (χ2v) is 4.37. The molecule has 0 spiro atoms. The Kier molecular flexibility index (Phi) is 3.71. The quantitative estimate of drug-likeness (QED) is 0.862. The molecule has 0 radical (unpaired) electrons. The van der Waals surface area contributed by atoms with Crippen LogP contribution < -0.4 is 5.32 Å². The number of anilines is 2. The second-order valence-electron chi connectivity index (χ2n) is 3.52. The summed E-state index contributed by atoms with van der Waals surface area (Å²) in [4.78, 5) is 0. The summed E-state index contributed by atoms with van der Waals surface area (Å²) in [5, 5.41) is 12.7. The Morgan fingerprint density at radius 2 is 1.89 bits per heavy atom. The highest BCUT2D eigenvalue weighted by Gasteiger charge is 2.09. The third-order valence-electron chi connectivity index (χ3n) is 2.33. The molecule has 0 aromatic heterocycles. The van der Waals surface area contributed by atoms with Gasteiger partial charge in [-0.05, 0) is 30.3 Å². The minimum atomic E-state index is -0.576. The van der Waals surface area contributed by atoms with Gasteiger partial charge in [0.2, 0.25) is 0 Å². The molecule has 0 aliphatic rings. The first-order valence-corrected chi connectivity index (χ1v) is 5.78. The number of benzene rings is 2. The van der Waals surface area contributed by atoms with Crippen LogP contribution in [-0.2, 0) is 0 Å². The minimum absolute atomic E-state index is 0.0523. The SMILES string of the molecule is N#Cc1c(F)cccc1Nc1ccc(Cl)cc1Cl. The van der Waals surface area contributed by atoms with Gasteiger partial charge in [-0.25, -0.2) is 4.39 Å². The first-order valence-electron chi connectivity index (χ1n) is 5.02. The van der Waals surface area contributed by atoms with E-state index in [0.717, 1.165) is 0 Å². The van der Waals surface area contributed by atoms with Crippen LogP contribution in [0.5, 0.6) is 0 Å². The molecule has 5 heteroatoms. The van der Waals surface area contributed by atoms with Crippen LogP contribution in [0.1, 0.15) is 5.56 Å². The molecule has 2 nitrogen and oxygen atoms in total. The largest absolute Gasteiger partial charge is 0.353 e. The molecule has 0 saturated carbocycles. The van der Waals surface area contributed by atoms with Gasteiger partial charge in [0.25, 0.3) is 0 Å². The number of nitrogens with zero attached hydrogens (tertiary/aromatic N) is 1. The first kappa shape index (κ1) is 12.7. The lowest BCUT2D eigenvalue weighted by Crippen LogP contribution is -1.96. The Morgan fingerprint density at radius 3 is 2.56 bits per heavy atom. The predicted octanol–water partition coefficient (Wildman–Crippen LogP) is 4.75. The molecule has 0 amide bonds. The van der Waals surface area contributed by atoms with Crippen molar-refractivity contribution in [1.82, 2.24) is 0 Å². The van der Waals surface area contributed by atoms with Crippen molar-refractivity contribution in [1.29, 1.82) is 5.26 Å². The summed E-state index contributed by atoms with van der Waals surface area (Å²) in [6.07, 6.45) is 0. The number of hydrogen-bond acceptors (Lipinski definition) is 2. The minimum Gasteiger partial charge on any atom is -0.353 e. The van der Waals surface area contributed by atoms with E-state index in [4.69, 9.17) is 28.5 Å². The van der Waals surface area contributed by atoms with Crippen molar-refractivity contribution in [3.05, 3.63) is 57.8 Å². The van der Waals surface area contributed by atoms with E-state index in [2.05, 4.69) is 5.32 Å². The van der Waals surface area contributed by atoms with Crippen molar-refractivity contribution < 1.29 is 4.39 Å². The molecule has 18 heavy (non-hydrogen) atoms. The van der Waals surface area contributed by atoms with E-state index in [0.29, 0.717) is 21.4 Å². The van der Waals surface area contributed by atoms with E-state index in [9.17, 15) is 4.39 Å². The number of hydrogen-bond donors (Lipinski definition) is 1. The fraction of sp³-hybridized carbons (Fsp3) is 0. The molecule has 0 atom stereocenters. The average Bonchev–Trinajstić information content (AvgIpc) is 2.33. The maximum atomic E-state index is 13.4. The highest BCUT2D eigenvalue weighted by Crippen LogP contribution is 2.30. The molecule has 2 aromatic rings. The van der Waals surface area contributed by atoms with Crippen LogP contribution in [-0.4, -0.2) is 0 Å². The summed E-state index contributed by atoms with van der Waals surface area (Å²) in [5.74, 6) is -0.576. The third kappa shape index (κ3) is 2.56. The van der Waals surface area contributed by atoms with E-state index in [-0.39, 0.29) is 5.56 Å². The van der Waals surface area contributed by atoms with Crippen molar-refractivity contribution in [2.75, 3.05) is 5.32 Å². The van der Waals surface area contributed by atoms with Gasteiger partial charge in [-0.15, -0.1) is 0 Å². The normalized spacial score (nSPS) is 9.89. The van der Waals surface area contributed by atoms with E-state index in [1.807, 2.05) is 6.07 Å². The van der Waals surface area contributed by atoms with Crippen molar-refractivity contribution >= 4 is 34.6 Å². The fourth-order valence-electron chi connectivity index (χ4n) is 1.48. The molecular weight excluding hydrogens is 274 g/mol. The molecule has 0 bridgehead atoms. The van der Waals surface area contributed by atoms with E-state index in [1.54, 1.807) is 24.3 Å². The molecule has 0 aliphatic carbocycles. The van der Waals surface area contributed by atoms with E-state index < -0.39 is 5.82 Å². The number of nitriles is 1. The summed E-state index contributed by atoms with van der Waals surface area (Å²) in [6.45, 7) is 0. The van der Waals surface area contributed by atoms with Gasteiger partial charge in [-0.1, -0.05) is 29.3 Å². The highest BCUT2D eigenvalue weighted by atomic mass is 35.5. The van der Waals surface area contributed by atoms with Crippen molar-refractivity contribution in [2.45, 2.75) is 0 Å². The number of halogens is 3. The summed E-state index contributed by atoms with van der Waals surface area (Å²) in [5.41, 5.74) is 0.869. The van der Waals surface area contributed by atoms with Gasteiger partial charge in [0.15, 0.2) is 0 Å². The monoisotopic (exact) mass is 280 g/mol. The molecule has 2 aromatic carbocycles. The molecule has 2 rings (SSSR count). The zero-order chi connectivity index (χ0) is 13.1. The average molecular weight is 281 g/mol. The second kappa shape index (κ2) is 5.26. The third-order valence-corrected chi connectivity index (χ3v) is 2.87. The number of rotatable bonds is 2. The standard InChI is InChI=1S/C13H7Cl2FN2/c14-8-4-5-13(10(15)6-8)18-12-3-1-2-11(16)9(12)7-17/h1-6,18H. The van der Waals surface area contributed by atoms with E-state index in [1.165, 1.54) is 12.1 Å². The van der Waals surface area contributed by atoms with Crippen molar-refractivity contribution in [3.8, 4) is 6.07 Å². The molecule has 0 fully saturated rings. The van der Waals surface area contributed by atoms with Crippen LogP contribution in [0.2, 0.25) is 10.0 Å². The van der Waals surface area contributed by atoms with Crippen LogP contribution in [0, 0.1) is 17.1 Å². The zero-order valence-electron chi connectivity index (χ0n) is 9.05. The van der Waals surface area contributed by atoms with Crippen LogP contribution in [0.3, 0.4) is 0 Å². The predicted molar refractivity (Wildman–Crippen MR) is 70.9 cm³/mol. The van der Waals surface area contributed by atoms with Crippen LogP contribution in [0.4, 0.5) is 15.8 Å². The molecule has 0 unspecified atom stereocenters. The topological polar surface area (TPSA) is 35.8 Å². The Hall–Kier alpha value is -1.76. The Morgan fingerprint density at radius 1 is 1.11 bits per heavy atom. The van der Waals surface area contributed by atoms with Crippen LogP contribution in [0.15, 0.2) is 36.4 Å². The van der Waals surface area contributed by atoms with Crippen molar-refractivity contribution in [3.63, 3.8) is 0 Å². The van der Waals surface area contributed by atoms with Gasteiger partial charge < -0.3 is 5.32 Å². The van der Waals surface area contributed by atoms with Crippen molar-refractivity contribution in [2.24, 2.45) is 0 Å². The van der Waals surface area contributed by atoms with Gasteiger partial charge in [0.05, 0.1) is 16.4 Å². The van der Waals surface area contributed by atoms with Gasteiger partial charge in [-0.2, -0.15) is 5.26 Å². The summed E-state index contributed by atoms with van der Waals surface area (Å²) in [6, 6.07) is 11.0. The Balaban J connectivity index is 2.41. The Bertz CT molecular complexity index is 635. The first-order chi connectivity index (χ1) is 8.61. The molecule has 1 N–H and O–H groups in total. The smallest absolute Gasteiger partial charge is 0.143 e. The lowest BCUT2D eigenvalue weighted by molar-refractivity contribution is 0.624. The van der Waals surface area contributed by atoms with Crippen LogP contribution >= 0.6 is 23.2 Å². The highest BCUT2D eigenvalue weighted by molar-refractivity contribution is 6.36. The maximum Gasteiger partial charge on any atom is 0.143 e. The van der Waals surface area contributed by atoms with E-state index >= 15 is 0 Å². The van der Waals surface area contributed by atoms with Gasteiger partial charge in [0.1, 0.15) is 17.4 Å². The molecule has 90 valence electrons. The lowest BCUT2D eigenvalue weighted by atomic mass is 10.1.